The third-order valence-corrected chi connectivity index (χ3v) is 3.72. The van der Waals surface area contributed by atoms with Crippen LogP contribution in [0, 0.1) is 5.92 Å². The van der Waals surface area contributed by atoms with Gasteiger partial charge in [0.25, 0.3) is 0 Å². The number of nitrogens with zero attached hydrogens (tertiary/aromatic N) is 2. The Bertz CT molecular complexity index is 283. The van der Waals surface area contributed by atoms with Crippen molar-refractivity contribution in [1.29, 1.82) is 0 Å². The molecule has 0 saturated heterocycles. The molecule has 0 bridgehead atoms. The van der Waals surface area contributed by atoms with Gasteiger partial charge >= 0.3 is 0 Å². The summed E-state index contributed by atoms with van der Waals surface area (Å²) >= 11 is 1.94. The van der Waals surface area contributed by atoms with Gasteiger partial charge in [0.15, 0.2) is 0 Å². The Balaban J connectivity index is 2.24. The van der Waals surface area contributed by atoms with E-state index in [-0.39, 0.29) is 6.04 Å². The zero-order valence-corrected chi connectivity index (χ0v) is 10.6. The van der Waals surface area contributed by atoms with Gasteiger partial charge in [0.2, 0.25) is 0 Å². The third-order valence-electron chi connectivity index (χ3n) is 2.15. The molecule has 0 amide bonds. The first-order chi connectivity index (χ1) is 7.09. The Morgan fingerprint density at radius 2 is 2.20 bits per heavy atom. The first-order valence-electron chi connectivity index (χ1n) is 5.39. The monoisotopic (exact) mass is 227 g/mol. The Morgan fingerprint density at radius 3 is 2.73 bits per heavy atom. The molecule has 0 aliphatic rings. The number of hydrogen-bond acceptors (Lipinski definition) is 3. The molecule has 0 saturated carbocycles. The molecule has 3 nitrogen and oxygen atoms in total. The predicted octanol–water partition coefficient (Wildman–Crippen LogP) is 1.68. The molecule has 1 aromatic heterocycles. The van der Waals surface area contributed by atoms with E-state index in [4.69, 9.17) is 5.73 Å². The highest BCUT2D eigenvalue weighted by molar-refractivity contribution is 7.99. The summed E-state index contributed by atoms with van der Waals surface area (Å²) in [5.41, 5.74) is 6.05. The van der Waals surface area contributed by atoms with Crippen LogP contribution in [0.25, 0.3) is 0 Å². The summed E-state index contributed by atoms with van der Waals surface area (Å²) in [5.74, 6) is 4.03. The largest absolute Gasteiger partial charge is 0.338 e. The minimum Gasteiger partial charge on any atom is -0.338 e. The molecule has 0 spiro atoms. The van der Waals surface area contributed by atoms with Crippen LogP contribution < -0.4 is 5.73 Å². The smallest absolute Gasteiger partial charge is 0.109 e. The molecule has 0 aliphatic heterocycles. The zero-order chi connectivity index (χ0) is 11.3. The Morgan fingerprint density at radius 1 is 1.47 bits per heavy atom. The molecule has 0 fully saturated rings. The van der Waals surface area contributed by atoms with Crippen molar-refractivity contribution in [3.8, 4) is 0 Å². The highest BCUT2D eigenvalue weighted by Crippen LogP contribution is 2.10. The van der Waals surface area contributed by atoms with Gasteiger partial charge in [0, 0.05) is 37.7 Å². The van der Waals surface area contributed by atoms with Crippen LogP contribution in [0.5, 0.6) is 0 Å². The molecule has 1 rings (SSSR count). The molecule has 1 aromatic rings. The molecule has 15 heavy (non-hydrogen) atoms. The fourth-order valence-electron chi connectivity index (χ4n) is 1.34. The Labute approximate surface area is 96.5 Å². The minimum atomic E-state index is 0.217. The zero-order valence-electron chi connectivity index (χ0n) is 9.81. The second-order valence-corrected chi connectivity index (χ2v) is 5.42. The Hall–Kier alpha value is -0.480. The van der Waals surface area contributed by atoms with Crippen molar-refractivity contribution in [3.05, 3.63) is 18.2 Å². The van der Waals surface area contributed by atoms with Crippen LogP contribution in [0.4, 0.5) is 0 Å². The van der Waals surface area contributed by atoms with Gasteiger partial charge in [-0.25, -0.2) is 4.98 Å². The molecule has 1 heterocycles. The van der Waals surface area contributed by atoms with E-state index in [0.717, 1.165) is 23.9 Å². The van der Waals surface area contributed by atoms with Crippen LogP contribution in [0.1, 0.15) is 19.7 Å². The van der Waals surface area contributed by atoms with Crippen LogP contribution in [-0.2, 0) is 13.5 Å². The normalized spacial score (nSPS) is 13.4. The molecular weight excluding hydrogens is 206 g/mol. The van der Waals surface area contributed by atoms with E-state index >= 15 is 0 Å². The quantitative estimate of drug-likeness (QED) is 0.804. The van der Waals surface area contributed by atoms with Gasteiger partial charge in [0.1, 0.15) is 5.82 Å². The second kappa shape index (κ2) is 6.18. The summed E-state index contributed by atoms with van der Waals surface area (Å²) in [6, 6.07) is 0.217. The van der Waals surface area contributed by atoms with Crippen molar-refractivity contribution in [3.63, 3.8) is 0 Å². The molecule has 2 N–H and O–H groups in total. The molecule has 0 aromatic carbocycles. The predicted molar refractivity (Wildman–Crippen MR) is 67.1 cm³/mol. The Kier molecular flexibility index (Phi) is 5.19. The van der Waals surface area contributed by atoms with E-state index in [2.05, 4.69) is 18.8 Å². The summed E-state index contributed by atoms with van der Waals surface area (Å²) < 4.78 is 2.03. The average molecular weight is 227 g/mol. The molecular formula is C11H21N3S. The van der Waals surface area contributed by atoms with Crippen LogP contribution in [0.15, 0.2) is 12.4 Å². The molecule has 4 heteroatoms. The van der Waals surface area contributed by atoms with E-state index in [0.29, 0.717) is 0 Å². The maximum Gasteiger partial charge on any atom is 0.109 e. The number of aromatic nitrogens is 2. The summed E-state index contributed by atoms with van der Waals surface area (Å²) in [6.45, 7) is 4.47. The van der Waals surface area contributed by atoms with Gasteiger partial charge in [-0.3, -0.25) is 0 Å². The van der Waals surface area contributed by atoms with Crippen LogP contribution in [-0.4, -0.2) is 27.1 Å². The van der Waals surface area contributed by atoms with E-state index in [1.165, 1.54) is 5.75 Å². The number of aryl methyl sites for hydroxylation is 1. The van der Waals surface area contributed by atoms with E-state index in [9.17, 15) is 0 Å². The van der Waals surface area contributed by atoms with Crippen molar-refractivity contribution in [1.82, 2.24) is 9.55 Å². The first-order valence-corrected chi connectivity index (χ1v) is 6.54. The minimum absolute atomic E-state index is 0.217. The lowest BCUT2D eigenvalue weighted by molar-refractivity contribution is 0.676. The SMILES string of the molecule is CC(C)CSCC(N)Cc1nccn1C. The topological polar surface area (TPSA) is 43.8 Å². The van der Waals surface area contributed by atoms with Crippen molar-refractivity contribution in [2.45, 2.75) is 26.3 Å². The molecule has 1 atom stereocenters. The number of nitrogens with two attached hydrogens (primary N) is 1. The van der Waals surface area contributed by atoms with Crippen molar-refractivity contribution in [2.24, 2.45) is 18.7 Å². The van der Waals surface area contributed by atoms with Gasteiger partial charge in [-0.05, 0) is 11.7 Å². The number of rotatable bonds is 6. The van der Waals surface area contributed by atoms with E-state index in [1.807, 2.05) is 35.8 Å². The van der Waals surface area contributed by atoms with Gasteiger partial charge in [-0.1, -0.05) is 13.8 Å². The summed E-state index contributed by atoms with van der Waals surface area (Å²) in [7, 11) is 2.01. The van der Waals surface area contributed by atoms with E-state index < -0.39 is 0 Å². The lowest BCUT2D eigenvalue weighted by Crippen LogP contribution is -2.27. The number of hydrogen-bond donors (Lipinski definition) is 1. The van der Waals surface area contributed by atoms with Crippen LogP contribution in [0.3, 0.4) is 0 Å². The maximum absolute atomic E-state index is 6.05. The summed E-state index contributed by atoms with van der Waals surface area (Å²) in [6.07, 6.45) is 4.65. The van der Waals surface area contributed by atoms with Gasteiger partial charge < -0.3 is 10.3 Å². The van der Waals surface area contributed by atoms with Crippen molar-refractivity contribution in [2.75, 3.05) is 11.5 Å². The third kappa shape index (κ3) is 4.71. The first kappa shape index (κ1) is 12.6. The summed E-state index contributed by atoms with van der Waals surface area (Å²) in [4.78, 5) is 4.27. The fourth-order valence-corrected chi connectivity index (χ4v) is 2.37. The van der Waals surface area contributed by atoms with Crippen LogP contribution >= 0.6 is 11.8 Å². The maximum atomic E-state index is 6.05. The standard InChI is InChI=1S/C11H21N3S/c1-9(2)7-15-8-10(12)6-11-13-4-5-14(11)3/h4-5,9-10H,6-8,12H2,1-3H3. The van der Waals surface area contributed by atoms with Gasteiger partial charge in [0.05, 0.1) is 0 Å². The number of imidazole rings is 1. The van der Waals surface area contributed by atoms with Crippen molar-refractivity contribution >= 4 is 11.8 Å². The molecule has 1 unspecified atom stereocenters. The average Bonchev–Trinajstić information content (AvgIpc) is 2.51. The molecule has 0 aliphatic carbocycles. The van der Waals surface area contributed by atoms with Gasteiger partial charge in [-0.15, -0.1) is 0 Å². The molecule has 0 radical (unpaired) electrons. The lowest BCUT2D eigenvalue weighted by atomic mass is 10.2. The second-order valence-electron chi connectivity index (χ2n) is 4.35. The molecule has 86 valence electrons. The fraction of sp³-hybridized carbons (Fsp3) is 0.727. The van der Waals surface area contributed by atoms with Crippen LogP contribution in [0.2, 0.25) is 0 Å². The summed E-state index contributed by atoms with van der Waals surface area (Å²) in [5, 5.41) is 0. The highest BCUT2D eigenvalue weighted by Gasteiger charge is 2.08. The van der Waals surface area contributed by atoms with Crippen molar-refractivity contribution < 1.29 is 0 Å². The lowest BCUT2D eigenvalue weighted by Gasteiger charge is -2.11. The highest BCUT2D eigenvalue weighted by atomic mass is 32.2. The van der Waals surface area contributed by atoms with Gasteiger partial charge in [-0.2, -0.15) is 11.8 Å². The van der Waals surface area contributed by atoms with E-state index in [1.54, 1.807) is 0 Å². The number of thioether (sulfide) groups is 1.